The van der Waals surface area contributed by atoms with Crippen molar-refractivity contribution in [2.75, 3.05) is 0 Å². The summed E-state index contributed by atoms with van der Waals surface area (Å²) in [6.45, 7) is 3.77. The molecule has 0 aliphatic heterocycles. The predicted octanol–water partition coefficient (Wildman–Crippen LogP) is 2.50. The first-order valence-electron chi connectivity index (χ1n) is 6.37. The van der Waals surface area contributed by atoms with Gasteiger partial charge in [0.15, 0.2) is 5.78 Å². The second-order valence-electron chi connectivity index (χ2n) is 4.77. The minimum Gasteiger partial charge on any atom is -0.290 e. The van der Waals surface area contributed by atoms with Crippen LogP contribution >= 0.6 is 23.2 Å². The number of rotatable bonds is 3. The smallest absolute Gasteiger partial charge is 0.290 e. The molecule has 1 heterocycles. The highest BCUT2D eigenvalue weighted by Gasteiger charge is 2.20. The molecule has 0 unspecified atom stereocenters. The van der Waals surface area contributed by atoms with Crippen molar-refractivity contribution in [1.82, 2.24) is 15.4 Å². The SMILES string of the molecule is CC(C)C1=CC(=NNC(=O)c2cc(Cl)ncn2)C(Cl)=CC1=O. The van der Waals surface area contributed by atoms with Crippen LogP contribution in [0.1, 0.15) is 24.3 Å². The Labute approximate surface area is 136 Å². The standard InChI is InChI=1S/C14H12Cl2N4O2/c1-7(2)8-3-10(9(15)4-12(8)21)19-20-14(22)11-5-13(16)18-6-17-11/h3-7H,1-2H3,(H,20,22). The van der Waals surface area contributed by atoms with Gasteiger partial charge in [-0.15, -0.1) is 0 Å². The van der Waals surface area contributed by atoms with Crippen LogP contribution in [0.4, 0.5) is 0 Å². The summed E-state index contributed by atoms with van der Waals surface area (Å²) in [5, 5.41) is 4.23. The van der Waals surface area contributed by atoms with Crippen molar-refractivity contribution in [2.45, 2.75) is 13.8 Å². The van der Waals surface area contributed by atoms with E-state index in [1.807, 2.05) is 13.8 Å². The van der Waals surface area contributed by atoms with Crippen LogP contribution in [0, 0.1) is 5.92 Å². The van der Waals surface area contributed by atoms with E-state index < -0.39 is 5.91 Å². The van der Waals surface area contributed by atoms with E-state index in [0.717, 1.165) is 0 Å². The summed E-state index contributed by atoms with van der Waals surface area (Å²) in [6, 6.07) is 1.31. The van der Waals surface area contributed by atoms with Gasteiger partial charge in [0.2, 0.25) is 0 Å². The van der Waals surface area contributed by atoms with Crippen LogP contribution in [0.25, 0.3) is 0 Å². The molecule has 1 N–H and O–H groups in total. The van der Waals surface area contributed by atoms with Gasteiger partial charge in [0.1, 0.15) is 22.9 Å². The van der Waals surface area contributed by atoms with Gasteiger partial charge < -0.3 is 0 Å². The second-order valence-corrected chi connectivity index (χ2v) is 5.57. The number of amides is 1. The maximum atomic E-state index is 11.9. The average molecular weight is 339 g/mol. The number of ketones is 1. The summed E-state index contributed by atoms with van der Waals surface area (Å²) in [7, 11) is 0. The van der Waals surface area contributed by atoms with Gasteiger partial charge in [0.25, 0.3) is 5.91 Å². The van der Waals surface area contributed by atoms with E-state index >= 15 is 0 Å². The van der Waals surface area contributed by atoms with Gasteiger partial charge in [-0.25, -0.2) is 15.4 Å². The highest BCUT2D eigenvalue weighted by atomic mass is 35.5. The van der Waals surface area contributed by atoms with Crippen molar-refractivity contribution in [2.24, 2.45) is 11.0 Å². The fourth-order valence-electron chi connectivity index (χ4n) is 1.72. The van der Waals surface area contributed by atoms with Crippen LogP contribution in [-0.2, 0) is 4.79 Å². The van der Waals surface area contributed by atoms with Crippen LogP contribution in [0.5, 0.6) is 0 Å². The number of hydrazone groups is 1. The molecule has 114 valence electrons. The minimum atomic E-state index is -0.558. The zero-order valence-corrected chi connectivity index (χ0v) is 13.3. The number of hydrogen-bond donors (Lipinski definition) is 1. The van der Waals surface area contributed by atoms with Crippen LogP contribution < -0.4 is 5.43 Å². The summed E-state index contributed by atoms with van der Waals surface area (Å²) < 4.78 is 0. The molecule has 0 fully saturated rings. The fraction of sp³-hybridized carbons (Fsp3) is 0.214. The Morgan fingerprint density at radius 3 is 2.64 bits per heavy atom. The Morgan fingerprint density at radius 2 is 2.00 bits per heavy atom. The molecule has 1 aromatic heterocycles. The molecule has 0 aromatic carbocycles. The summed E-state index contributed by atoms with van der Waals surface area (Å²) in [5.74, 6) is -0.694. The minimum absolute atomic E-state index is 0.0232. The molecule has 1 amide bonds. The zero-order chi connectivity index (χ0) is 16.3. The molecular weight excluding hydrogens is 327 g/mol. The Kier molecular flexibility index (Phi) is 5.05. The highest BCUT2D eigenvalue weighted by Crippen LogP contribution is 2.21. The first-order valence-corrected chi connectivity index (χ1v) is 7.13. The van der Waals surface area contributed by atoms with Crippen molar-refractivity contribution in [3.8, 4) is 0 Å². The molecule has 8 heteroatoms. The summed E-state index contributed by atoms with van der Waals surface area (Å²) >= 11 is 11.7. The summed E-state index contributed by atoms with van der Waals surface area (Å²) in [4.78, 5) is 31.2. The van der Waals surface area contributed by atoms with E-state index in [1.165, 1.54) is 18.5 Å². The summed E-state index contributed by atoms with van der Waals surface area (Å²) in [6.07, 6.45) is 4.01. The largest absolute Gasteiger partial charge is 0.290 e. The Balaban J connectivity index is 2.20. The van der Waals surface area contributed by atoms with Crippen molar-refractivity contribution in [1.29, 1.82) is 0 Å². The average Bonchev–Trinajstić information content (AvgIpc) is 2.45. The van der Waals surface area contributed by atoms with Gasteiger partial charge in [-0.2, -0.15) is 5.10 Å². The molecule has 2 rings (SSSR count). The third-order valence-corrected chi connectivity index (χ3v) is 3.35. The van der Waals surface area contributed by atoms with E-state index in [2.05, 4.69) is 20.5 Å². The lowest BCUT2D eigenvalue weighted by atomic mass is 9.93. The highest BCUT2D eigenvalue weighted by molar-refractivity contribution is 6.48. The monoisotopic (exact) mass is 338 g/mol. The fourth-order valence-corrected chi connectivity index (χ4v) is 2.07. The molecule has 22 heavy (non-hydrogen) atoms. The number of aromatic nitrogens is 2. The Bertz CT molecular complexity index is 723. The van der Waals surface area contributed by atoms with Crippen LogP contribution in [0.15, 0.2) is 40.3 Å². The quantitative estimate of drug-likeness (QED) is 0.521. The number of carbonyl (C=O) groups excluding carboxylic acids is 2. The lowest BCUT2D eigenvalue weighted by Crippen LogP contribution is -2.22. The van der Waals surface area contributed by atoms with Gasteiger partial charge in [-0.3, -0.25) is 9.59 Å². The molecule has 0 radical (unpaired) electrons. The van der Waals surface area contributed by atoms with Crippen LogP contribution in [-0.4, -0.2) is 27.4 Å². The number of allylic oxidation sites excluding steroid dienone is 4. The number of hydrogen-bond acceptors (Lipinski definition) is 5. The molecule has 1 aromatic rings. The van der Waals surface area contributed by atoms with Crippen LogP contribution in [0.2, 0.25) is 5.15 Å². The van der Waals surface area contributed by atoms with Crippen molar-refractivity contribution in [3.63, 3.8) is 0 Å². The summed E-state index contributed by atoms with van der Waals surface area (Å²) in [5.41, 5.74) is 3.27. The van der Waals surface area contributed by atoms with Gasteiger partial charge in [-0.1, -0.05) is 37.0 Å². The van der Waals surface area contributed by atoms with Gasteiger partial charge >= 0.3 is 0 Å². The number of halogens is 2. The van der Waals surface area contributed by atoms with E-state index in [-0.39, 0.29) is 27.6 Å². The molecule has 0 atom stereocenters. The second kappa shape index (κ2) is 6.81. The molecule has 0 bridgehead atoms. The van der Waals surface area contributed by atoms with Crippen molar-refractivity contribution >= 4 is 40.6 Å². The molecule has 6 nitrogen and oxygen atoms in total. The Morgan fingerprint density at radius 1 is 1.27 bits per heavy atom. The van der Waals surface area contributed by atoms with Gasteiger partial charge in [-0.05, 0) is 12.0 Å². The lowest BCUT2D eigenvalue weighted by Gasteiger charge is -2.13. The van der Waals surface area contributed by atoms with E-state index in [9.17, 15) is 9.59 Å². The normalized spacial score (nSPS) is 16.6. The maximum Gasteiger partial charge on any atom is 0.290 e. The molecule has 0 saturated carbocycles. The third kappa shape index (κ3) is 3.78. The first-order chi connectivity index (χ1) is 10.4. The van der Waals surface area contributed by atoms with Gasteiger partial charge in [0, 0.05) is 17.7 Å². The van der Waals surface area contributed by atoms with Crippen molar-refractivity contribution in [3.05, 3.63) is 46.0 Å². The Hall–Kier alpha value is -2.05. The van der Waals surface area contributed by atoms with Crippen LogP contribution in [0.3, 0.4) is 0 Å². The third-order valence-electron chi connectivity index (χ3n) is 2.85. The van der Waals surface area contributed by atoms with E-state index in [4.69, 9.17) is 23.2 Å². The zero-order valence-electron chi connectivity index (χ0n) is 11.8. The molecule has 1 aliphatic carbocycles. The number of nitrogens with one attached hydrogen (secondary N) is 1. The topological polar surface area (TPSA) is 84.3 Å². The lowest BCUT2D eigenvalue weighted by molar-refractivity contribution is -0.111. The molecular formula is C14H12Cl2N4O2. The molecule has 0 spiro atoms. The number of carbonyl (C=O) groups is 2. The predicted molar refractivity (Wildman–Crippen MR) is 83.8 cm³/mol. The first kappa shape index (κ1) is 16.3. The maximum absolute atomic E-state index is 11.9. The van der Waals surface area contributed by atoms with Crippen molar-refractivity contribution < 1.29 is 9.59 Å². The molecule has 1 aliphatic rings. The van der Waals surface area contributed by atoms with Gasteiger partial charge in [0.05, 0.1) is 5.03 Å². The number of nitrogens with zero attached hydrogens (tertiary/aromatic N) is 3. The molecule has 0 saturated heterocycles. The van der Waals surface area contributed by atoms with E-state index in [0.29, 0.717) is 11.3 Å². The van der Waals surface area contributed by atoms with E-state index in [1.54, 1.807) is 6.08 Å².